The molecule has 0 atom stereocenters. The molecule has 1 heterocycles. The first-order chi connectivity index (χ1) is 9.66. The Kier molecular flexibility index (Phi) is 3.62. The van der Waals surface area contributed by atoms with Crippen molar-refractivity contribution in [2.75, 3.05) is 5.75 Å². The minimum atomic E-state index is -0.587. The number of hydrogen-bond donors (Lipinski definition) is 2. The highest BCUT2D eigenvalue weighted by atomic mass is 32.2. The van der Waals surface area contributed by atoms with Gasteiger partial charge in [-0.3, -0.25) is 0 Å². The summed E-state index contributed by atoms with van der Waals surface area (Å²) in [4.78, 5) is 0. The lowest BCUT2D eigenvalue weighted by Crippen LogP contribution is -2.27. The molecule has 0 spiro atoms. The van der Waals surface area contributed by atoms with Crippen LogP contribution in [0.3, 0.4) is 0 Å². The van der Waals surface area contributed by atoms with Gasteiger partial charge in [-0.05, 0) is 47.5 Å². The van der Waals surface area contributed by atoms with Crippen molar-refractivity contribution in [3.05, 3.63) is 24.3 Å². The third kappa shape index (κ3) is 2.78. The first kappa shape index (κ1) is 13.4. The second-order valence-electron chi connectivity index (χ2n) is 5.11. The Balaban J connectivity index is 1.75. The van der Waals surface area contributed by atoms with E-state index in [2.05, 4.69) is 15.5 Å². The van der Waals surface area contributed by atoms with Crippen LogP contribution >= 0.6 is 11.8 Å². The number of aromatic hydroxyl groups is 1. The maximum atomic E-state index is 10.4. The molecule has 0 bridgehead atoms. The molecule has 6 nitrogen and oxygen atoms in total. The van der Waals surface area contributed by atoms with E-state index in [1.165, 1.54) is 11.8 Å². The van der Waals surface area contributed by atoms with Gasteiger partial charge >= 0.3 is 0 Å². The van der Waals surface area contributed by atoms with Crippen LogP contribution in [0.25, 0.3) is 5.69 Å². The van der Waals surface area contributed by atoms with Crippen LogP contribution in [0.4, 0.5) is 0 Å². The van der Waals surface area contributed by atoms with Gasteiger partial charge in [-0.1, -0.05) is 24.6 Å². The molecule has 2 N–H and O–H groups in total. The number of nitrogens with zero attached hydrogens (tertiary/aromatic N) is 4. The summed E-state index contributed by atoms with van der Waals surface area (Å²) in [6.45, 7) is 0. The molecule has 0 unspecified atom stereocenters. The maximum Gasteiger partial charge on any atom is 0.214 e. The molecule has 1 fully saturated rings. The minimum Gasteiger partial charge on any atom is -0.508 e. The number of hydrogen-bond acceptors (Lipinski definition) is 6. The number of phenols is 1. The highest BCUT2D eigenvalue weighted by Gasteiger charge is 2.31. The van der Waals surface area contributed by atoms with Gasteiger partial charge in [0.05, 0.1) is 11.3 Å². The quantitative estimate of drug-likeness (QED) is 0.835. The predicted molar refractivity (Wildman–Crippen MR) is 75.0 cm³/mol. The molecule has 1 aromatic heterocycles. The van der Waals surface area contributed by atoms with Gasteiger partial charge in [0.2, 0.25) is 5.16 Å². The summed E-state index contributed by atoms with van der Waals surface area (Å²) < 4.78 is 1.61. The average Bonchev–Trinajstić information content (AvgIpc) is 3.07. The third-order valence-corrected chi connectivity index (χ3v) is 4.73. The second kappa shape index (κ2) is 5.41. The number of benzene rings is 1. The zero-order valence-electron chi connectivity index (χ0n) is 10.9. The van der Waals surface area contributed by atoms with Crippen molar-refractivity contribution in [1.82, 2.24) is 20.2 Å². The van der Waals surface area contributed by atoms with Gasteiger partial charge in [0.15, 0.2) is 0 Å². The molecular formula is C13H16N4O2S. The number of aliphatic hydroxyl groups is 1. The highest BCUT2D eigenvalue weighted by molar-refractivity contribution is 7.99. The molecule has 0 radical (unpaired) electrons. The van der Waals surface area contributed by atoms with Crippen molar-refractivity contribution in [2.45, 2.75) is 36.4 Å². The lowest BCUT2D eigenvalue weighted by Gasteiger charge is -2.20. The Hall–Kier alpha value is -1.60. The van der Waals surface area contributed by atoms with E-state index in [-0.39, 0.29) is 5.75 Å². The van der Waals surface area contributed by atoms with Crippen LogP contribution in [-0.2, 0) is 0 Å². The van der Waals surface area contributed by atoms with E-state index in [4.69, 9.17) is 0 Å². The second-order valence-corrected chi connectivity index (χ2v) is 6.05. The summed E-state index contributed by atoms with van der Waals surface area (Å²) >= 11 is 1.46. The number of phenolic OH excluding ortho intramolecular Hbond substituents is 1. The molecule has 3 rings (SSSR count). The Morgan fingerprint density at radius 3 is 2.60 bits per heavy atom. The van der Waals surface area contributed by atoms with Crippen molar-refractivity contribution in [1.29, 1.82) is 0 Å². The highest BCUT2D eigenvalue weighted by Crippen LogP contribution is 2.34. The molecule has 106 valence electrons. The van der Waals surface area contributed by atoms with E-state index in [1.807, 2.05) is 0 Å². The SMILES string of the molecule is Oc1ccc(-n2nnnc2SCC2(O)CCCC2)cc1. The Labute approximate surface area is 120 Å². The predicted octanol–water partition coefficient (Wildman–Crippen LogP) is 1.77. The maximum absolute atomic E-state index is 10.4. The summed E-state index contributed by atoms with van der Waals surface area (Å²) in [5.41, 5.74) is 0.199. The summed E-state index contributed by atoms with van der Waals surface area (Å²) in [6.07, 6.45) is 3.86. The number of thioether (sulfide) groups is 1. The number of tetrazole rings is 1. The molecule has 0 aliphatic heterocycles. The molecule has 1 aliphatic rings. The van der Waals surface area contributed by atoms with Crippen molar-refractivity contribution < 1.29 is 10.2 Å². The van der Waals surface area contributed by atoms with Crippen LogP contribution in [0.5, 0.6) is 5.75 Å². The average molecular weight is 292 g/mol. The minimum absolute atomic E-state index is 0.205. The van der Waals surface area contributed by atoms with E-state index in [0.717, 1.165) is 31.4 Å². The molecule has 7 heteroatoms. The topological polar surface area (TPSA) is 84.1 Å². The molecule has 0 saturated heterocycles. The molecule has 1 aromatic carbocycles. The van der Waals surface area contributed by atoms with E-state index < -0.39 is 5.60 Å². The van der Waals surface area contributed by atoms with Gasteiger partial charge in [0, 0.05) is 5.75 Å². The van der Waals surface area contributed by atoms with Gasteiger partial charge in [-0.25, -0.2) is 0 Å². The van der Waals surface area contributed by atoms with Gasteiger partial charge in [0.1, 0.15) is 5.75 Å². The standard InChI is InChI=1S/C13H16N4O2S/c18-11-5-3-10(4-6-11)17-12(14-15-16-17)20-9-13(19)7-1-2-8-13/h3-6,18-19H,1-2,7-9H2. The third-order valence-electron chi connectivity index (χ3n) is 3.54. The molecular weight excluding hydrogens is 276 g/mol. The summed E-state index contributed by atoms with van der Waals surface area (Å²) in [6, 6.07) is 6.69. The largest absolute Gasteiger partial charge is 0.508 e. The van der Waals surface area contributed by atoms with E-state index in [0.29, 0.717) is 10.9 Å². The van der Waals surface area contributed by atoms with Crippen LogP contribution in [0.15, 0.2) is 29.4 Å². The molecule has 1 saturated carbocycles. The fraction of sp³-hybridized carbons (Fsp3) is 0.462. The van der Waals surface area contributed by atoms with Crippen molar-refractivity contribution in [3.8, 4) is 11.4 Å². The van der Waals surface area contributed by atoms with Crippen LogP contribution in [0.2, 0.25) is 0 Å². The lowest BCUT2D eigenvalue weighted by atomic mass is 10.1. The van der Waals surface area contributed by atoms with Crippen LogP contribution in [-0.4, -0.2) is 41.8 Å². The Morgan fingerprint density at radius 2 is 1.90 bits per heavy atom. The fourth-order valence-electron chi connectivity index (χ4n) is 2.40. The number of aromatic nitrogens is 4. The van der Waals surface area contributed by atoms with Crippen molar-refractivity contribution in [2.24, 2.45) is 0 Å². The smallest absolute Gasteiger partial charge is 0.214 e. The fourth-order valence-corrected chi connectivity index (χ4v) is 3.45. The van der Waals surface area contributed by atoms with Gasteiger partial charge in [-0.2, -0.15) is 4.68 Å². The molecule has 2 aromatic rings. The first-order valence-electron chi connectivity index (χ1n) is 6.59. The summed E-state index contributed by atoms with van der Waals surface area (Å²) in [7, 11) is 0. The normalized spacial score (nSPS) is 17.4. The van der Waals surface area contributed by atoms with E-state index in [1.54, 1.807) is 28.9 Å². The van der Waals surface area contributed by atoms with Gasteiger partial charge in [0.25, 0.3) is 0 Å². The van der Waals surface area contributed by atoms with Crippen LogP contribution < -0.4 is 0 Å². The first-order valence-corrected chi connectivity index (χ1v) is 7.58. The van der Waals surface area contributed by atoms with E-state index in [9.17, 15) is 10.2 Å². The van der Waals surface area contributed by atoms with Crippen molar-refractivity contribution >= 4 is 11.8 Å². The zero-order valence-corrected chi connectivity index (χ0v) is 11.8. The van der Waals surface area contributed by atoms with Gasteiger partial charge < -0.3 is 10.2 Å². The number of rotatable bonds is 4. The Bertz CT molecular complexity index is 578. The summed E-state index contributed by atoms with van der Waals surface area (Å²) in [5, 5.41) is 32.0. The van der Waals surface area contributed by atoms with Crippen LogP contribution in [0, 0.1) is 0 Å². The van der Waals surface area contributed by atoms with E-state index >= 15 is 0 Å². The summed E-state index contributed by atoms with van der Waals surface area (Å²) in [5.74, 6) is 0.808. The lowest BCUT2D eigenvalue weighted by molar-refractivity contribution is 0.0732. The molecule has 1 aliphatic carbocycles. The monoisotopic (exact) mass is 292 g/mol. The zero-order chi connectivity index (χ0) is 14.0. The molecule has 20 heavy (non-hydrogen) atoms. The van der Waals surface area contributed by atoms with Crippen molar-refractivity contribution in [3.63, 3.8) is 0 Å². The molecule has 0 amide bonds. The van der Waals surface area contributed by atoms with Gasteiger partial charge in [-0.15, -0.1) is 5.10 Å². The van der Waals surface area contributed by atoms with Crippen LogP contribution in [0.1, 0.15) is 25.7 Å². The Morgan fingerprint density at radius 1 is 1.20 bits per heavy atom.